The number of fused-ring (bicyclic) bond motifs is 1. The van der Waals surface area contributed by atoms with E-state index in [9.17, 15) is 14.4 Å². The Morgan fingerprint density at radius 3 is 2.61 bits per heavy atom. The van der Waals surface area contributed by atoms with Crippen LogP contribution in [-0.2, 0) is 22.4 Å². The topological polar surface area (TPSA) is 95.5 Å². The molecule has 1 aliphatic carbocycles. The highest BCUT2D eigenvalue weighted by Gasteiger charge is 2.24. The third-order valence-electron chi connectivity index (χ3n) is 3.79. The monoisotopic (exact) mass is 338 g/mol. The van der Waals surface area contributed by atoms with Gasteiger partial charge in [-0.3, -0.25) is 14.4 Å². The van der Waals surface area contributed by atoms with Crippen LogP contribution in [0.4, 0.5) is 5.00 Å². The van der Waals surface area contributed by atoms with E-state index in [1.807, 2.05) is 0 Å². The zero-order valence-corrected chi connectivity index (χ0v) is 14.1. The van der Waals surface area contributed by atoms with Gasteiger partial charge in [0.1, 0.15) is 5.00 Å². The van der Waals surface area contributed by atoms with Gasteiger partial charge in [-0.05, 0) is 37.7 Å². The minimum Gasteiger partial charge on any atom is -0.481 e. The van der Waals surface area contributed by atoms with Gasteiger partial charge in [0.05, 0.1) is 5.56 Å². The second-order valence-electron chi connectivity index (χ2n) is 5.70. The summed E-state index contributed by atoms with van der Waals surface area (Å²) in [5, 5.41) is 14.8. The van der Waals surface area contributed by atoms with Crippen molar-refractivity contribution in [3.63, 3.8) is 0 Å². The van der Waals surface area contributed by atoms with E-state index in [4.69, 9.17) is 5.11 Å². The average Bonchev–Trinajstić information content (AvgIpc) is 2.65. The summed E-state index contributed by atoms with van der Waals surface area (Å²) >= 11 is 1.49. The Hall–Kier alpha value is -1.89. The van der Waals surface area contributed by atoms with Crippen molar-refractivity contribution in [2.75, 3.05) is 11.9 Å². The Balaban J connectivity index is 2.16. The van der Waals surface area contributed by atoms with Crippen molar-refractivity contribution < 1.29 is 19.5 Å². The number of nitrogens with one attached hydrogen (secondary N) is 2. The SMILES string of the molecule is CC(=O)Nc1sc2c(c1C(=O)NCCCC(=O)O)CCCCC2. The molecule has 1 aromatic heterocycles. The first-order valence-electron chi connectivity index (χ1n) is 7.91. The quantitative estimate of drug-likeness (QED) is 0.549. The van der Waals surface area contributed by atoms with Crippen LogP contribution in [0.2, 0.25) is 0 Å². The zero-order chi connectivity index (χ0) is 16.8. The number of aliphatic carboxylic acids is 1. The number of carboxylic acids is 1. The van der Waals surface area contributed by atoms with Crippen LogP contribution in [0, 0.1) is 0 Å². The summed E-state index contributed by atoms with van der Waals surface area (Å²) in [5.74, 6) is -1.29. The highest BCUT2D eigenvalue weighted by molar-refractivity contribution is 7.17. The molecule has 3 N–H and O–H groups in total. The first kappa shape index (κ1) is 17.5. The molecule has 1 aliphatic rings. The maximum absolute atomic E-state index is 12.5. The lowest BCUT2D eigenvalue weighted by Crippen LogP contribution is -2.26. The molecule has 7 heteroatoms. The van der Waals surface area contributed by atoms with Crippen LogP contribution >= 0.6 is 11.3 Å². The van der Waals surface area contributed by atoms with Crippen molar-refractivity contribution >= 4 is 34.1 Å². The first-order chi connectivity index (χ1) is 11.0. The van der Waals surface area contributed by atoms with Crippen LogP contribution in [0.3, 0.4) is 0 Å². The fraction of sp³-hybridized carbons (Fsp3) is 0.562. The molecule has 23 heavy (non-hydrogen) atoms. The van der Waals surface area contributed by atoms with Crippen LogP contribution in [0.5, 0.6) is 0 Å². The molecule has 126 valence electrons. The fourth-order valence-electron chi connectivity index (χ4n) is 2.76. The Bertz CT molecular complexity index is 609. The summed E-state index contributed by atoms with van der Waals surface area (Å²) in [6.07, 6.45) is 5.51. The summed E-state index contributed by atoms with van der Waals surface area (Å²) in [6, 6.07) is 0. The molecule has 0 bridgehead atoms. The van der Waals surface area contributed by atoms with E-state index in [2.05, 4.69) is 10.6 Å². The van der Waals surface area contributed by atoms with Gasteiger partial charge in [-0.15, -0.1) is 11.3 Å². The van der Waals surface area contributed by atoms with Crippen molar-refractivity contribution in [1.29, 1.82) is 0 Å². The molecule has 0 fully saturated rings. The minimum absolute atomic E-state index is 0.0284. The van der Waals surface area contributed by atoms with Crippen LogP contribution in [-0.4, -0.2) is 29.4 Å². The molecule has 0 spiro atoms. The van der Waals surface area contributed by atoms with E-state index < -0.39 is 5.97 Å². The standard InChI is InChI=1S/C16H22N2O4S/c1-10(19)18-16-14(15(22)17-9-5-8-13(20)21)11-6-3-2-4-7-12(11)23-16/h2-9H2,1H3,(H,17,22)(H,18,19)(H,20,21). The van der Waals surface area contributed by atoms with E-state index in [0.29, 0.717) is 23.5 Å². The van der Waals surface area contributed by atoms with Gasteiger partial charge in [0.15, 0.2) is 0 Å². The number of rotatable bonds is 6. The molecule has 1 aromatic rings. The Kier molecular flexibility index (Phi) is 6.15. The molecule has 6 nitrogen and oxygen atoms in total. The van der Waals surface area contributed by atoms with Crippen molar-refractivity contribution in [3.8, 4) is 0 Å². The summed E-state index contributed by atoms with van der Waals surface area (Å²) in [6.45, 7) is 1.74. The molecule has 1 heterocycles. The number of carbonyl (C=O) groups excluding carboxylic acids is 2. The van der Waals surface area contributed by atoms with Gasteiger partial charge >= 0.3 is 5.97 Å². The number of carbonyl (C=O) groups is 3. The molecule has 0 aromatic carbocycles. The van der Waals surface area contributed by atoms with Crippen LogP contribution < -0.4 is 10.6 Å². The van der Waals surface area contributed by atoms with Gasteiger partial charge in [-0.2, -0.15) is 0 Å². The normalized spacial score (nSPS) is 13.8. The average molecular weight is 338 g/mol. The molecule has 2 rings (SSSR count). The summed E-state index contributed by atoms with van der Waals surface area (Å²) in [4.78, 5) is 35.6. The predicted octanol–water partition coefficient (Wildman–Crippen LogP) is 2.57. The number of anilines is 1. The first-order valence-corrected chi connectivity index (χ1v) is 8.72. The molecule has 0 atom stereocenters. The summed E-state index contributed by atoms with van der Waals surface area (Å²) in [5.41, 5.74) is 1.62. The molecule has 2 amide bonds. The lowest BCUT2D eigenvalue weighted by atomic mass is 10.0. The Labute approximate surface area is 139 Å². The van der Waals surface area contributed by atoms with E-state index in [-0.39, 0.29) is 18.2 Å². The molecule has 0 saturated carbocycles. The molecule has 0 saturated heterocycles. The van der Waals surface area contributed by atoms with Gasteiger partial charge in [-0.1, -0.05) is 6.42 Å². The number of amides is 2. The molecule has 0 unspecified atom stereocenters. The van der Waals surface area contributed by atoms with Crippen LogP contribution in [0.15, 0.2) is 0 Å². The van der Waals surface area contributed by atoms with E-state index >= 15 is 0 Å². The number of aryl methyl sites for hydroxylation is 1. The summed E-state index contributed by atoms with van der Waals surface area (Å²) < 4.78 is 0. The summed E-state index contributed by atoms with van der Waals surface area (Å²) in [7, 11) is 0. The smallest absolute Gasteiger partial charge is 0.303 e. The second-order valence-corrected chi connectivity index (χ2v) is 6.81. The van der Waals surface area contributed by atoms with Gasteiger partial charge in [0.25, 0.3) is 5.91 Å². The Morgan fingerprint density at radius 1 is 1.17 bits per heavy atom. The third kappa shape index (κ3) is 4.79. The number of carboxylic acid groups (broad SMARTS) is 1. The van der Waals surface area contributed by atoms with Crippen LogP contribution in [0.1, 0.15) is 59.8 Å². The maximum atomic E-state index is 12.5. The minimum atomic E-state index is -0.873. The molecular formula is C16H22N2O4S. The third-order valence-corrected chi connectivity index (χ3v) is 5.00. The van der Waals surface area contributed by atoms with Crippen LogP contribution in [0.25, 0.3) is 0 Å². The predicted molar refractivity (Wildman–Crippen MR) is 89.1 cm³/mol. The van der Waals surface area contributed by atoms with Gasteiger partial charge in [0, 0.05) is 24.8 Å². The fourth-order valence-corrected chi connectivity index (χ4v) is 4.09. The van der Waals surface area contributed by atoms with Gasteiger partial charge in [0.2, 0.25) is 5.91 Å². The molecule has 0 radical (unpaired) electrons. The lowest BCUT2D eigenvalue weighted by molar-refractivity contribution is -0.137. The van der Waals surface area contributed by atoms with E-state index in [0.717, 1.165) is 37.7 Å². The number of hydrogen-bond donors (Lipinski definition) is 3. The van der Waals surface area contributed by atoms with E-state index in [1.54, 1.807) is 0 Å². The highest BCUT2D eigenvalue weighted by Crippen LogP contribution is 2.37. The maximum Gasteiger partial charge on any atom is 0.303 e. The highest BCUT2D eigenvalue weighted by atomic mass is 32.1. The number of thiophene rings is 1. The van der Waals surface area contributed by atoms with Crippen molar-refractivity contribution in [2.24, 2.45) is 0 Å². The zero-order valence-electron chi connectivity index (χ0n) is 13.2. The van der Waals surface area contributed by atoms with Gasteiger partial charge in [-0.25, -0.2) is 0 Å². The Morgan fingerprint density at radius 2 is 1.91 bits per heavy atom. The lowest BCUT2D eigenvalue weighted by Gasteiger charge is -2.09. The van der Waals surface area contributed by atoms with Crippen molar-refractivity contribution in [2.45, 2.75) is 51.9 Å². The molecular weight excluding hydrogens is 316 g/mol. The van der Waals surface area contributed by atoms with Crippen molar-refractivity contribution in [1.82, 2.24) is 5.32 Å². The largest absolute Gasteiger partial charge is 0.481 e. The van der Waals surface area contributed by atoms with E-state index in [1.165, 1.54) is 23.1 Å². The molecule has 0 aliphatic heterocycles. The second kappa shape index (κ2) is 8.10. The van der Waals surface area contributed by atoms with Crippen molar-refractivity contribution in [3.05, 3.63) is 16.0 Å². The van der Waals surface area contributed by atoms with Gasteiger partial charge < -0.3 is 15.7 Å². The number of hydrogen-bond acceptors (Lipinski definition) is 4.